The summed E-state index contributed by atoms with van der Waals surface area (Å²) in [4.78, 5) is 23.1. The van der Waals surface area contributed by atoms with E-state index in [1.807, 2.05) is 26.0 Å². The molecule has 1 aliphatic rings. The van der Waals surface area contributed by atoms with Gasteiger partial charge in [-0.05, 0) is 50.3 Å². The summed E-state index contributed by atoms with van der Waals surface area (Å²) in [6, 6.07) is 5.47. The van der Waals surface area contributed by atoms with E-state index in [-0.39, 0.29) is 17.6 Å². The molecule has 2 aromatic heterocycles. The quantitative estimate of drug-likeness (QED) is 0.660. The zero-order chi connectivity index (χ0) is 19.0. The number of aromatic hydroxyl groups is 1. The van der Waals surface area contributed by atoms with Crippen LogP contribution in [0.5, 0.6) is 5.75 Å². The van der Waals surface area contributed by atoms with Gasteiger partial charge in [-0.3, -0.25) is 4.79 Å². The van der Waals surface area contributed by atoms with Crippen LogP contribution in [-0.4, -0.2) is 27.7 Å². The molecule has 0 bridgehead atoms. The van der Waals surface area contributed by atoms with Crippen molar-refractivity contribution in [3.05, 3.63) is 40.5 Å². The Morgan fingerprint density at radius 1 is 1.41 bits per heavy atom. The number of esters is 1. The van der Waals surface area contributed by atoms with Crippen molar-refractivity contribution in [2.75, 3.05) is 11.9 Å². The highest BCUT2D eigenvalue weighted by Crippen LogP contribution is 2.40. The summed E-state index contributed by atoms with van der Waals surface area (Å²) in [5.74, 6) is 0.786. The summed E-state index contributed by atoms with van der Waals surface area (Å²) in [6.45, 7) is 4.11. The molecule has 0 saturated carbocycles. The average Bonchev–Trinajstić information content (AvgIpc) is 3.03. The van der Waals surface area contributed by atoms with Gasteiger partial charge in [0, 0.05) is 16.6 Å². The Kier molecular flexibility index (Phi) is 4.70. The zero-order valence-corrected chi connectivity index (χ0v) is 16.1. The highest BCUT2D eigenvalue weighted by molar-refractivity contribution is 7.19. The molecule has 140 valence electrons. The first kappa shape index (κ1) is 17.7. The second-order valence-electron chi connectivity index (χ2n) is 6.72. The van der Waals surface area contributed by atoms with Crippen LogP contribution >= 0.6 is 11.3 Å². The van der Waals surface area contributed by atoms with Crippen LogP contribution in [0.15, 0.2) is 24.5 Å². The number of aromatic nitrogens is 2. The average molecular weight is 383 g/mol. The second-order valence-corrected chi connectivity index (χ2v) is 7.81. The number of phenolic OH excluding ortho intramolecular Hbond substituents is 1. The van der Waals surface area contributed by atoms with Crippen molar-refractivity contribution in [2.24, 2.45) is 5.92 Å². The van der Waals surface area contributed by atoms with Crippen molar-refractivity contribution in [3.63, 3.8) is 0 Å². The van der Waals surface area contributed by atoms with Gasteiger partial charge in [0.1, 0.15) is 22.7 Å². The van der Waals surface area contributed by atoms with Crippen LogP contribution in [0.4, 0.5) is 11.5 Å². The molecule has 1 aliphatic carbocycles. The number of phenols is 1. The van der Waals surface area contributed by atoms with Crippen LogP contribution in [0.1, 0.15) is 29.3 Å². The largest absolute Gasteiger partial charge is 0.508 e. The first-order valence-electron chi connectivity index (χ1n) is 9.05. The maximum Gasteiger partial charge on any atom is 0.309 e. The summed E-state index contributed by atoms with van der Waals surface area (Å²) in [5, 5.41) is 14.3. The predicted octanol–water partition coefficient (Wildman–Crippen LogP) is 4.12. The topological polar surface area (TPSA) is 84.3 Å². The lowest BCUT2D eigenvalue weighted by molar-refractivity contribution is -0.148. The molecule has 0 amide bonds. The van der Waals surface area contributed by atoms with Gasteiger partial charge < -0.3 is 15.2 Å². The Bertz CT molecular complexity index is 1020. The Morgan fingerprint density at radius 2 is 2.26 bits per heavy atom. The highest BCUT2D eigenvalue weighted by atomic mass is 32.1. The van der Waals surface area contributed by atoms with E-state index in [1.165, 1.54) is 10.4 Å². The molecule has 2 heterocycles. The molecule has 4 rings (SSSR count). The smallest absolute Gasteiger partial charge is 0.309 e. The number of nitrogens with one attached hydrogen (secondary N) is 1. The van der Waals surface area contributed by atoms with E-state index < -0.39 is 0 Å². The standard InChI is InChI=1S/C20H21N3O3S/c1-3-26-20(25)12-5-7-14-16(8-12)27-19-17(14)18(21-10-22-19)23-13-6-4-11(2)15(24)9-13/h4,6,9-10,12,24H,3,5,7-8H2,1-2H3,(H,21,22,23). The number of benzene rings is 1. The molecule has 0 spiro atoms. The summed E-state index contributed by atoms with van der Waals surface area (Å²) in [6.07, 6.45) is 3.82. The van der Waals surface area contributed by atoms with Gasteiger partial charge in [-0.15, -0.1) is 11.3 Å². The number of hydrogen-bond acceptors (Lipinski definition) is 7. The third kappa shape index (κ3) is 3.35. The number of aryl methyl sites for hydroxylation is 2. The molecular weight excluding hydrogens is 362 g/mol. The van der Waals surface area contributed by atoms with E-state index in [2.05, 4.69) is 15.3 Å². The number of carbonyl (C=O) groups excluding carboxylic acids is 1. The molecule has 0 fully saturated rings. The first-order valence-corrected chi connectivity index (χ1v) is 9.87. The number of anilines is 2. The van der Waals surface area contributed by atoms with Gasteiger partial charge >= 0.3 is 5.97 Å². The molecule has 0 aliphatic heterocycles. The highest BCUT2D eigenvalue weighted by Gasteiger charge is 2.29. The fraction of sp³-hybridized carbons (Fsp3) is 0.350. The summed E-state index contributed by atoms with van der Waals surface area (Å²) in [5.41, 5.74) is 2.82. The second kappa shape index (κ2) is 7.15. The maximum atomic E-state index is 12.1. The molecule has 2 N–H and O–H groups in total. The lowest BCUT2D eigenvalue weighted by Gasteiger charge is -2.20. The van der Waals surface area contributed by atoms with Crippen molar-refractivity contribution in [2.45, 2.75) is 33.1 Å². The van der Waals surface area contributed by atoms with E-state index in [9.17, 15) is 9.90 Å². The third-order valence-corrected chi connectivity index (χ3v) is 6.10. The fourth-order valence-electron chi connectivity index (χ4n) is 3.49. The predicted molar refractivity (Wildman–Crippen MR) is 106 cm³/mol. The van der Waals surface area contributed by atoms with Gasteiger partial charge in [-0.25, -0.2) is 9.97 Å². The minimum atomic E-state index is -0.111. The van der Waals surface area contributed by atoms with Crippen molar-refractivity contribution in [3.8, 4) is 5.75 Å². The molecule has 7 heteroatoms. The van der Waals surface area contributed by atoms with Crippen molar-refractivity contribution >= 4 is 39.0 Å². The van der Waals surface area contributed by atoms with Gasteiger partial charge in [0.2, 0.25) is 0 Å². The molecule has 0 radical (unpaired) electrons. The lowest BCUT2D eigenvalue weighted by atomic mass is 9.88. The number of thiophene rings is 1. The van der Waals surface area contributed by atoms with E-state index in [0.717, 1.165) is 40.1 Å². The zero-order valence-electron chi connectivity index (χ0n) is 15.3. The number of carbonyl (C=O) groups is 1. The number of hydrogen-bond donors (Lipinski definition) is 2. The molecule has 6 nitrogen and oxygen atoms in total. The molecule has 1 aromatic carbocycles. The van der Waals surface area contributed by atoms with E-state index in [0.29, 0.717) is 13.0 Å². The van der Waals surface area contributed by atoms with Crippen molar-refractivity contribution in [1.82, 2.24) is 9.97 Å². The number of nitrogens with zero attached hydrogens (tertiary/aromatic N) is 2. The fourth-order valence-corrected chi connectivity index (χ4v) is 4.76. The molecule has 27 heavy (non-hydrogen) atoms. The molecule has 1 atom stereocenters. The summed E-state index contributed by atoms with van der Waals surface area (Å²) < 4.78 is 5.20. The van der Waals surface area contributed by atoms with Crippen LogP contribution in [0.3, 0.4) is 0 Å². The molecule has 3 aromatic rings. The number of fused-ring (bicyclic) bond motifs is 3. The van der Waals surface area contributed by atoms with Gasteiger partial charge in [0.25, 0.3) is 0 Å². The molecule has 0 saturated heterocycles. The van der Waals surface area contributed by atoms with Gasteiger partial charge in [0.15, 0.2) is 0 Å². The number of rotatable bonds is 4. The van der Waals surface area contributed by atoms with Crippen LogP contribution < -0.4 is 5.32 Å². The Morgan fingerprint density at radius 3 is 3.04 bits per heavy atom. The Hall–Kier alpha value is -2.67. The van der Waals surface area contributed by atoms with Gasteiger partial charge in [-0.1, -0.05) is 6.07 Å². The lowest BCUT2D eigenvalue weighted by Crippen LogP contribution is -2.23. The van der Waals surface area contributed by atoms with Crippen molar-refractivity contribution < 1.29 is 14.6 Å². The SMILES string of the molecule is CCOC(=O)C1CCc2c(sc3ncnc(Nc4ccc(C)c(O)c4)c23)C1. The Labute approximate surface area is 161 Å². The van der Waals surface area contributed by atoms with E-state index in [1.54, 1.807) is 23.7 Å². The molecule has 1 unspecified atom stereocenters. The summed E-state index contributed by atoms with van der Waals surface area (Å²) >= 11 is 1.62. The van der Waals surface area contributed by atoms with E-state index >= 15 is 0 Å². The first-order chi connectivity index (χ1) is 13.1. The van der Waals surface area contributed by atoms with Crippen molar-refractivity contribution in [1.29, 1.82) is 0 Å². The van der Waals surface area contributed by atoms with Crippen LogP contribution in [0, 0.1) is 12.8 Å². The van der Waals surface area contributed by atoms with E-state index in [4.69, 9.17) is 4.74 Å². The third-order valence-electron chi connectivity index (χ3n) is 4.94. The monoisotopic (exact) mass is 383 g/mol. The normalized spacial score (nSPS) is 16.1. The van der Waals surface area contributed by atoms with Crippen LogP contribution in [0.2, 0.25) is 0 Å². The van der Waals surface area contributed by atoms with Gasteiger partial charge in [0.05, 0.1) is 17.9 Å². The minimum absolute atomic E-state index is 0.0797. The minimum Gasteiger partial charge on any atom is -0.508 e. The maximum absolute atomic E-state index is 12.1. The number of ether oxygens (including phenoxy) is 1. The van der Waals surface area contributed by atoms with Crippen LogP contribution in [0.25, 0.3) is 10.2 Å². The summed E-state index contributed by atoms with van der Waals surface area (Å²) in [7, 11) is 0. The van der Waals surface area contributed by atoms with Gasteiger partial charge in [-0.2, -0.15) is 0 Å². The Balaban J connectivity index is 1.68. The van der Waals surface area contributed by atoms with Crippen LogP contribution in [-0.2, 0) is 22.4 Å². The molecular formula is C20H21N3O3S.